The minimum atomic E-state index is -3.65. The molecule has 29 heavy (non-hydrogen) atoms. The van der Waals surface area contributed by atoms with E-state index in [1.165, 1.54) is 28.8 Å². The van der Waals surface area contributed by atoms with Crippen LogP contribution in [0, 0.1) is 6.92 Å². The standard InChI is InChI=1S/C19H19N5O4S/c1-13-21-19(28-23-13)15-8-11-24(12-15)29(26,27)17-4-2-16(3-5-17)22-18(25)14-6-9-20-10-7-14/h2-7,9-10,15H,8,11-12H2,1H3,(H,22,25). The van der Waals surface area contributed by atoms with Crippen molar-refractivity contribution >= 4 is 21.6 Å². The van der Waals surface area contributed by atoms with Crippen molar-refractivity contribution in [3.05, 3.63) is 66.1 Å². The lowest BCUT2D eigenvalue weighted by atomic mass is 10.1. The van der Waals surface area contributed by atoms with E-state index in [4.69, 9.17) is 4.52 Å². The molecular weight excluding hydrogens is 394 g/mol. The number of pyridine rings is 1. The molecule has 0 saturated carbocycles. The molecule has 1 atom stereocenters. The van der Waals surface area contributed by atoms with Gasteiger partial charge in [0.1, 0.15) is 0 Å². The summed E-state index contributed by atoms with van der Waals surface area (Å²) in [5, 5.41) is 6.50. The van der Waals surface area contributed by atoms with E-state index in [9.17, 15) is 13.2 Å². The second-order valence-corrected chi connectivity index (χ2v) is 8.68. The lowest BCUT2D eigenvalue weighted by Gasteiger charge is -2.16. The van der Waals surface area contributed by atoms with Crippen molar-refractivity contribution in [2.75, 3.05) is 18.4 Å². The highest BCUT2D eigenvalue weighted by molar-refractivity contribution is 7.89. The van der Waals surface area contributed by atoms with Gasteiger partial charge in [0.05, 0.1) is 10.8 Å². The van der Waals surface area contributed by atoms with Gasteiger partial charge in [-0.1, -0.05) is 5.16 Å². The molecule has 1 aromatic carbocycles. The zero-order valence-corrected chi connectivity index (χ0v) is 16.5. The Morgan fingerprint density at radius 2 is 1.90 bits per heavy atom. The maximum absolute atomic E-state index is 12.9. The van der Waals surface area contributed by atoms with Crippen LogP contribution in [0.2, 0.25) is 0 Å². The second-order valence-electron chi connectivity index (χ2n) is 6.74. The van der Waals surface area contributed by atoms with E-state index >= 15 is 0 Å². The molecule has 9 nitrogen and oxygen atoms in total. The van der Waals surface area contributed by atoms with Crippen molar-refractivity contribution in [3.63, 3.8) is 0 Å². The van der Waals surface area contributed by atoms with Gasteiger partial charge in [-0.15, -0.1) is 0 Å². The Kier molecular flexibility index (Phi) is 5.12. The average molecular weight is 413 g/mol. The minimum absolute atomic E-state index is 0.107. The third kappa shape index (κ3) is 4.03. The Morgan fingerprint density at radius 3 is 2.55 bits per heavy atom. The first kappa shape index (κ1) is 19.2. The Hall–Kier alpha value is -3.11. The molecule has 0 spiro atoms. The average Bonchev–Trinajstić information content (AvgIpc) is 3.38. The van der Waals surface area contributed by atoms with E-state index in [1.54, 1.807) is 31.2 Å². The number of carbonyl (C=O) groups excluding carboxylic acids is 1. The summed E-state index contributed by atoms with van der Waals surface area (Å²) in [7, 11) is -3.65. The van der Waals surface area contributed by atoms with E-state index in [0.29, 0.717) is 42.5 Å². The largest absolute Gasteiger partial charge is 0.339 e. The van der Waals surface area contributed by atoms with Crippen molar-refractivity contribution in [1.29, 1.82) is 0 Å². The van der Waals surface area contributed by atoms with Crippen molar-refractivity contribution in [3.8, 4) is 0 Å². The van der Waals surface area contributed by atoms with Gasteiger partial charge in [0, 0.05) is 36.7 Å². The molecule has 10 heteroatoms. The summed E-state index contributed by atoms with van der Waals surface area (Å²) in [5.74, 6) is 0.602. The van der Waals surface area contributed by atoms with Gasteiger partial charge in [-0.3, -0.25) is 9.78 Å². The van der Waals surface area contributed by atoms with E-state index < -0.39 is 10.0 Å². The highest BCUT2D eigenvalue weighted by Crippen LogP contribution is 2.30. The summed E-state index contributed by atoms with van der Waals surface area (Å²) in [6.45, 7) is 2.41. The first-order chi connectivity index (χ1) is 13.9. The third-order valence-electron chi connectivity index (χ3n) is 4.74. The van der Waals surface area contributed by atoms with Crippen LogP contribution in [-0.2, 0) is 10.0 Å². The molecule has 3 heterocycles. The predicted octanol–water partition coefficient (Wildman–Crippen LogP) is 2.20. The van der Waals surface area contributed by atoms with Gasteiger partial charge in [0.2, 0.25) is 15.9 Å². The number of hydrogen-bond acceptors (Lipinski definition) is 7. The number of nitrogens with one attached hydrogen (secondary N) is 1. The van der Waals surface area contributed by atoms with Crippen molar-refractivity contribution in [2.24, 2.45) is 0 Å². The topological polar surface area (TPSA) is 118 Å². The van der Waals surface area contributed by atoms with Crippen LogP contribution in [-0.4, -0.2) is 46.8 Å². The fourth-order valence-electron chi connectivity index (χ4n) is 3.19. The van der Waals surface area contributed by atoms with Crippen LogP contribution in [0.4, 0.5) is 5.69 Å². The Balaban J connectivity index is 1.45. The molecule has 0 aliphatic carbocycles. The van der Waals surface area contributed by atoms with Crippen LogP contribution >= 0.6 is 0 Å². The maximum Gasteiger partial charge on any atom is 0.255 e. The summed E-state index contributed by atoms with van der Waals surface area (Å²) in [4.78, 5) is 20.4. The quantitative estimate of drug-likeness (QED) is 0.681. The van der Waals surface area contributed by atoms with Gasteiger partial charge in [0.25, 0.3) is 5.91 Å². The number of carbonyl (C=O) groups is 1. The molecule has 4 rings (SSSR count). The number of aryl methyl sites for hydroxylation is 1. The molecular formula is C19H19N5O4S. The fourth-order valence-corrected chi connectivity index (χ4v) is 4.69. The molecule has 1 aliphatic heterocycles. The van der Waals surface area contributed by atoms with Crippen LogP contribution in [0.15, 0.2) is 58.2 Å². The molecule has 1 saturated heterocycles. The summed E-state index contributed by atoms with van der Waals surface area (Å²) in [6.07, 6.45) is 3.69. The van der Waals surface area contributed by atoms with E-state index in [1.807, 2.05) is 0 Å². The zero-order chi connectivity index (χ0) is 20.4. The molecule has 1 N–H and O–H groups in total. The van der Waals surface area contributed by atoms with Crippen molar-refractivity contribution < 1.29 is 17.7 Å². The second kappa shape index (κ2) is 7.72. The number of benzene rings is 1. The van der Waals surface area contributed by atoms with Gasteiger partial charge < -0.3 is 9.84 Å². The molecule has 3 aromatic rings. The van der Waals surface area contributed by atoms with Crippen LogP contribution in [0.5, 0.6) is 0 Å². The first-order valence-electron chi connectivity index (χ1n) is 9.05. The highest BCUT2D eigenvalue weighted by Gasteiger charge is 2.35. The van der Waals surface area contributed by atoms with Crippen LogP contribution < -0.4 is 5.32 Å². The Morgan fingerprint density at radius 1 is 1.17 bits per heavy atom. The molecule has 1 fully saturated rings. The molecule has 1 unspecified atom stereocenters. The maximum atomic E-state index is 12.9. The monoisotopic (exact) mass is 413 g/mol. The Bertz CT molecular complexity index is 1110. The number of rotatable bonds is 5. The van der Waals surface area contributed by atoms with E-state index in [2.05, 4.69) is 20.4 Å². The van der Waals surface area contributed by atoms with Gasteiger partial charge in [-0.25, -0.2) is 8.42 Å². The Labute approximate surface area is 167 Å². The number of aromatic nitrogens is 3. The minimum Gasteiger partial charge on any atom is -0.339 e. The van der Waals surface area contributed by atoms with Crippen LogP contribution in [0.25, 0.3) is 0 Å². The van der Waals surface area contributed by atoms with Crippen LogP contribution in [0.1, 0.15) is 34.4 Å². The zero-order valence-electron chi connectivity index (χ0n) is 15.6. The SMILES string of the molecule is Cc1noc(C2CCN(S(=O)(=O)c3ccc(NC(=O)c4ccncc4)cc3)C2)n1. The third-order valence-corrected chi connectivity index (χ3v) is 6.62. The van der Waals surface area contributed by atoms with Crippen molar-refractivity contribution in [1.82, 2.24) is 19.4 Å². The van der Waals surface area contributed by atoms with Gasteiger partial charge in [-0.05, 0) is 49.7 Å². The number of anilines is 1. The normalized spacial score (nSPS) is 17.3. The number of sulfonamides is 1. The lowest BCUT2D eigenvalue weighted by molar-refractivity contribution is 0.102. The highest BCUT2D eigenvalue weighted by atomic mass is 32.2. The lowest BCUT2D eigenvalue weighted by Crippen LogP contribution is -2.28. The van der Waals surface area contributed by atoms with E-state index in [0.717, 1.165) is 0 Å². The summed E-state index contributed by atoms with van der Waals surface area (Å²) in [6, 6.07) is 9.32. The molecule has 0 bridgehead atoms. The smallest absolute Gasteiger partial charge is 0.255 e. The molecule has 2 aromatic heterocycles. The first-order valence-corrected chi connectivity index (χ1v) is 10.5. The molecule has 1 aliphatic rings. The molecule has 0 radical (unpaired) electrons. The van der Waals surface area contributed by atoms with Crippen LogP contribution in [0.3, 0.4) is 0 Å². The van der Waals surface area contributed by atoms with Crippen molar-refractivity contribution in [2.45, 2.75) is 24.2 Å². The van der Waals surface area contributed by atoms with E-state index in [-0.39, 0.29) is 16.7 Å². The fraction of sp³-hybridized carbons (Fsp3) is 0.263. The predicted molar refractivity (Wildman–Crippen MR) is 104 cm³/mol. The summed E-state index contributed by atoms with van der Waals surface area (Å²) in [5.41, 5.74) is 0.975. The number of nitrogens with zero attached hydrogens (tertiary/aromatic N) is 4. The summed E-state index contributed by atoms with van der Waals surface area (Å²) < 4.78 is 32.5. The van der Waals surface area contributed by atoms with Gasteiger partial charge >= 0.3 is 0 Å². The molecule has 1 amide bonds. The van der Waals surface area contributed by atoms with Gasteiger partial charge in [-0.2, -0.15) is 9.29 Å². The number of hydrogen-bond donors (Lipinski definition) is 1. The number of amides is 1. The van der Waals surface area contributed by atoms with Gasteiger partial charge in [0.15, 0.2) is 5.82 Å². The molecule has 150 valence electrons. The summed E-state index contributed by atoms with van der Waals surface area (Å²) >= 11 is 0.